The quantitative estimate of drug-likeness (QED) is 0.838. The van der Waals surface area contributed by atoms with Gasteiger partial charge in [-0.15, -0.1) is 0 Å². The highest BCUT2D eigenvalue weighted by atomic mass is 32.2. The maximum atomic E-state index is 13.4. The molecule has 0 spiro atoms. The first-order valence-corrected chi connectivity index (χ1v) is 9.24. The van der Waals surface area contributed by atoms with Crippen LogP contribution in [0.3, 0.4) is 0 Å². The predicted octanol–water partition coefficient (Wildman–Crippen LogP) is 2.32. The normalized spacial score (nSPS) is 18.8. The lowest BCUT2D eigenvalue weighted by molar-refractivity contribution is 0.278. The molecule has 1 fully saturated rings. The first kappa shape index (κ1) is 16.6. The van der Waals surface area contributed by atoms with Crippen molar-refractivity contribution in [3.8, 4) is 0 Å². The molecule has 0 aromatic heterocycles. The molecule has 2 rings (SSSR count). The molecule has 1 aromatic rings. The maximum absolute atomic E-state index is 13.4. The fraction of sp³-hybridized carbons (Fsp3) is 0.625. The van der Waals surface area contributed by atoms with Crippen molar-refractivity contribution >= 4 is 10.8 Å². The standard InChI is InChI=1S/C16H25FN2OS/c1-2-7-18-16(14-4-3-5-15(17)13-14)6-8-19-9-11-21(20)12-10-19/h3-5,13,16,18H,2,6-12H2,1H3. The van der Waals surface area contributed by atoms with E-state index < -0.39 is 10.8 Å². The summed E-state index contributed by atoms with van der Waals surface area (Å²) in [5.74, 6) is 1.39. The summed E-state index contributed by atoms with van der Waals surface area (Å²) in [5, 5.41) is 3.51. The lowest BCUT2D eigenvalue weighted by Crippen LogP contribution is -2.39. The molecular formula is C16H25FN2OS. The van der Waals surface area contributed by atoms with Gasteiger partial charge in [-0.25, -0.2) is 4.39 Å². The van der Waals surface area contributed by atoms with Crippen LogP contribution in [0.5, 0.6) is 0 Å². The molecule has 0 radical (unpaired) electrons. The zero-order valence-electron chi connectivity index (χ0n) is 12.7. The van der Waals surface area contributed by atoms with Gasteiger partial charge in [0.05, 0.1) is 0 Å². The fourth-order valence-corrected chi connectivity index (χ4v) is 3.77. The van der Waals surface area contributed by atoms with Crippen molar-refractivity contribution in [2.45, 2.75) is 25.8 Å². The highest BCUT2D eigenvalue weighted by Crippen LogP contribution is 2.19. The summed E-state index contributed by atoms with van der Waals surface area (Å²) in [5.41, 5.74) is 1.02. The molecular weight excluding hydrogens is 287 g/mol. The topological polar surface area (TPSA) is 32.3 Å². The first-order valence-electron chi connectivity index (χ1n) is 7.75. The van der Waals surface area contributed by atoms with Crippen LogP contribution in [0.4, 0.5) is 4.39 Å². The van der Waals surface area contributed by atoms with Gasteiger partial charge >= 0.3 is 0 Å². The van der Waals surface area contributed by atoms with Crippen LogP contribution in [-0.2, 0) is 10.8 Å². The molecule has 1 aromatic carbocycles. The van der Waals surface area contributed by atoms with Crippen LogP contribution in [0.25, 0.3) is 0 Å². The fourth-order valence-electron chi connectivity index (χ4n) is 2.64. The largest absolute Gasteiger partial charge is 0.310 e. The van der Waals surface area contributed by atoms with Crippen LogP contribution in [-0.4, -0.2) is 46.8 Å². The second kappa shape index (κ2) is 8.61. The summed E-state index contributed by atoms with van der Waals surface area (Å²) >= 11 is 0. The second-order valence-electron chi connectivity index (χ2n) is 5.54. The maximum Gasteiger partial charge on any atom is 0.123 e. The van der Waals surface area contributed by atoms with E-state index in [1.807, 2.05) is 6.07 Å². The third-order valence-corrected chi connectivity index (χ3v) is 5.17. The van der Waals surface area contributed by atoms with E-state index in [0.717, 1.165) is 56.1 Å². The van der Waals surface area contributed by atoms with Gasteiger partial charge in [-0.05, 0) is 37.1 Å². The van der Waals surface area contributed by atoms with Crippen molar-refractivity contribution in [2.24, 2.45) is 0 Å². The highest BCUT2D eigenvalue weighted by Gasteiger charge is 2.17. The third-order valence-electron chi connectivity index (χ3n) is 3.90. The number of hydrogen-bond donors (Lipinski definition) is 1. The zero-order valence-corrected chi connectivity index (χ0v) is 13.5. The Kier molecular flexibility index (Phi) is 6.80. The highest BCUT2D eigenvalue weighted by molar-refractivity contribution is 7.85. The lowest BCUT2D eigenvalue weighted by atomic mass is 10.0. The van der Waals surface area contributed by atoms with Crippen molar-refractivity contribution in [3.05, 3.63) is 35.6 Å². The van der Waals surface area contributed by atoms with Crippen LogP contribution in [0.1, 0.15) is 31.4 Å². The van der Waals surface area contributed by atoms with E-state index in [4.69, 9.17) is 0 Å². The minimum absolute atomic E-state index is 0.177. The molecule has 118 valence electrons. The monoisotopic (exact) mass is 312 g/mol. The van der Waals surface area contributed by atoms with Crippen LogP contribution < -0.4 is 5.32 Å². The van der Waals surface area contributed by atoms with Crippen LogP contribution in [0, 0.1) is 5.82 Å². The van der Waals surface area contributed by atoms with E-state index in [1.165, 1.54) is 6.07 Å². The third kappa shape index (κ3) is 5.49. The molecule has 21 heavy (non-hydrogen) atoms. The van der Waals surface area contributed by atoms with Crippen LogP contribution in [0.2, 0.25) is 0 Å². The van der Waals surface area contributed by atoms with E-state index in [2.05, 4.69) is 17.1 Å². The Bertz CT molecular complexity index is 459. The van der Waals surface area contributed by atoms with E-state index >= 15 is 0 Å². The molecule has 0 saturated carbocycles. The van der Waals surface area contributed by atoms with E-state index in [-0.39, 0.29) is 11.9 Å². The van der Waals surface area contributed by atoms with Gasteiger partial charge in [0, 0.05) is 48.0 Å². The summed E-state index contributed by atoms with van der Waals surface area (Å²) in [6, 6.07) is 7.06. The number of nitrogens with zero attached hydrogens (tertiary/aromatic N) is 1. The number of hydrogen-bond acceptors (Lipinski definition) is 3. The van der Waals surface area contributed by atoms with Gasteiger partial charge in [0.15, 0.2) is 0 Å². The van der Waals surface area contributed by atoms with Crippen molar-refractivity contribution in [3.63, 3.8) is 0 Å². The Morgan fingerprint density at radius 1 is 1.38 bits per heavy atom. The Balaban J connectivity index is 1.91. The van der Waals surface area contributed by atoms with Crippen molar-refractivity contribution in [1.29, 1.82) is 0 Å². The van der Waals surface area contributed by atoms with Crippen molar-refractivity contribution < 1.29 is 8.60 Å². The minimum atomic E-state index is -0.626. The molecule has 1 N–H and O–H groups in total. The molecule has 1 aliphatic heterocycles. The molecule has 5 heteroatoms. The zero-order chi connectivity index (χ0) is 15.1. The van der Waals surface area contributed by atoms with Crippen molar-refractivity contribution in [2.75, 3.05) is 37.7 Å². The average molecular weight is 312 g/mol. The number of benzene rings is 1. The van der Waals surface area contributed by atoms with Crippen molar-refractivity contribution in [1.82, 2.24) is 10.2 Å². The van der Waals surface area contributed by atoms with E-state index in [1.54, 1.807) is 12.1 Å². The number of rotatable bonds is 7. The molecule has 0 amide bonds. The molecule has 0 aliphatic carbocycles. The molecule has 0 bridgehead atoms. The first-order chi connectivity index (χ1) is 10.2. The molecule has 1 aliphatic rings. The lowest BCUT2D eigenvalue weighted by Gasteiger charge is -2.28. The molecule has 3 nitrogen and oxygen atoms in total. The predicted molar refractivity (Wildman–Crippen MR) is 86.4 cm³/mol. The summed E-state index contributed by atoms with van der Waals surface area (Å²) < 4.78 is 24.8. The van der Waals surface area contributed by atoms with Crippen LogP contribution >= 0.6 is 0 Å². The Hall–Kier alpha value is -0.780. The van der Waals surface area contributed by atoms with Gasteiger partial charge in [-0.1, -0.05) is 19.1 Å². The van der Waals surface area contributed by atoms with Gasteiger partial charge in [-0.3, -0.25) is 4.21 Å². The molecule has 1 unspecified atom stereocenters. The minimum Gasteiger partial charge on any atom is -0.310 e. The van der Waals surface area contributed by atoms with E-state index in [9.17, 15) is 8.60 Å². The van der Waals surface area contributed by atoms with Crippen LogP contribution in [0.15, 0.2) is 24.3 Å². The number of halogens is 1. The number of nitrogens with one attached hydrogen (secondary N) is 1. The van der Waals surface area contributed by atoms with E-state index in [0.29, 0.717) is 0 Å². The smallest absolute Gasteiger partial charge is 0.123 e. The van der Waals surface area contributed by atoms with Gasteiger partial charge in [0.2, 0.25) is 0 Å². The SMILES string of the molecule is CCCNC(CCN1CCS(=O)CC1)c1cccc(F)c1. The molecule has 1 saturated heterocycles. The summed E-state index contributed by atoms with van der Waals surface area (Å²) in [6.07, 6.45) is 2.02. The van der Waals surface area contributed by atoms with Gasteiger partial charge in [-0.2, -0.15) is 0 Å². The van der Waals surface area contributed by atoms with Gasteiger partial charge in [0.1, 0.15) is 5.82 Å². The second-order valence-corrected chi connectivity index (χ2v) is 7.24. The summed E-state index contributed by atoms with van der Waals surface area (Å²) in [4.78, 5) is 2.36. The van der Waals surface area contributed by atoms with Gasteiger partial charge in [0.25, 0.3) is 0 Å². The van der Waals surface area contributed by atoms with Gasteiger partial charge < -0.3 is 10.2 Å². The summed E-state index contributed by atoms with van der Waals surface area (Å²) in [6.45, 7) is 5.86. The summed E-state index contributed by atoms with van der Waals surface area (Å²) in [7, 11) is -0.626. The average Bonchev–Trinajstić information content (AvgIpc) is 2.49. The molecule has 1 atom stereocenters. The Morgan fingerprint density at radius 3 is 2.81 bits per heavy atom. The Morgan fingerprint density at radius 2 is 2.14 bits per heavy atom. The molecule has 1 heterocycles. The Labute approximate surface area is 129 Å².